The molecule has 0 aliphatic rings. The third kappa shape index (κ3) is 375. The molecule has 6 nitrogen and oxygen atoms in total. The summed E-state index contributed by atoms with van der Waals surface area (Å²) >= 11 is 0. The van der Waals surface area contributed by atoms with Crippen LogP contribution >= 0.6 is 0 Å². The van der Waals surface area contributed by atoms with Gasteiger partial charge in [0.05, 0.1) is 0 Å². The number of primary amides is 1. The molecule has 0 unspecified atom stereocenters. The van der Waals surface area contributed by atoms with E-state index in [1.54, 1.807) is 13.8 Å². The van der Waals surface area contributed by atoms with E-state index in [9.17, 15) is 9.59 Å². The van der Waals surface area contributed by atoms with Crippen LogP contribution in [0.25, 0.3) is 0 Å². The molecule has 108 valence electrons. The Labute approximate surface area is 106 Å². The topological polar surface area (TPSA) is 129 Å². The Morgan fingerprint density at radius 3 is 1.06 bits per heavy atom. The van der Waals surface area contributed by atoms with Gasteiger partial charge < -0.3 is 26.3 Å². The molecule has 5 N–H and O–H groups in total. The van der Waals surface area contributed by atoms with Gasteiger partial charge in [-0.05, 0) is 6.92 Å². The van der Waals surface area contributed by atoms with Crippen LogP contribution in [0.5, 0.6) is 0 Å². The Balaban J connectivity index is -0.0000000160. The van der Waals surface area contributed by atoms with E-state index in [1.165, 1.54) is 0 Å². The maximum Gasteiger partial charge on any atom is 0.217 e. The molecule has 0 aliphatic carbocycles. The summed E-state index contributed by atoms with van der Waals surface area (Å²) in [6, 6.07) is 0. The number of hydrogen-bond donors (Lipinski definition) is 2. The van der Waals surface area contributed by atoms with Gasteiger partial charge in [0.1, 0.15) is 19.4 Å². The van der Waals surface area contributed by atoms with Gasteiger partial charge in [-0.15, -0.1) is 0 Å². The Morgan fingerprint density at radius 1 is 0.941 bits per heavy atom. The monoisotopic (exact) mass is 254 g/mol. The lowest BCUT2D eigenvalue weighted by molar-refractivity contribution is -0.118. The normalized spacial score (nSPS) is 4.88. The van der Waals surface area contributed by atoms with Crippen molar-refractivity contribution in [2.24, 2.45) is 5.73 Å². The second-order valence-electron chi connectivity index (χ2n) is 1.88. The van der Waals surface area contributed by atoms with Gasteiger partial charge >= 0.3 is 0 Å². The number of ketones is 1. The van der Waals surface area contributed by atoms with Crippen LogP contribution in [-0.2, 0) is 19.2 Å². The van der Waals surface area contributed by atoms with Gasteiger partial charge in [0.15, 0.2) is 0 Å². The predicted molar refractivity (Wildman–Crippen MR) is 73.2 cm³/mol. The van der Waals surface area contributed by atoms with Crippen molar-refractivity contribution >= 4 is 25.3 Å². The Hall–Kier alpha value is -1.56. The molecule has 0 spiro atoms. The average molecular weight is 254 g/mol. The first-order valence-electron chi connectivity index (χ1n) is 3.90. The molecule has 0 fully saturated rings. The highest BCUT2D eigenvalue weighted by Crippen LogP contribution is 1.71. The Morgan fingerprint density at radius 2 is 1.06 bits per heavy atom. The van der Waals surface area contributed by atoms with Crippen molar-refractivity contribution < 1.29 is 19.2 Å². The zero-order valence-electron chi connectivity index (χ0n) is 9.75. The predicted octanol–water partition coefficient (Wildman–Crippen LogP) is 1.93. The van der Waals surface area contributed by atoms with Crippen molar-refractivity contribution in [3.63, 3.8) is 0 Å². The Kier molecular flexibility index (Phi) is 167. The van der Waals surface area contributed by atoms with Gasteiger partial charge in [0, 0.05) is 12.8 Å². The molecule has 0 saturated heterocycles. The molecular formula is C11H30N2O4. The number of amides is 1. The summed E-state index contributed by atoms with van der Waals surface area (Å²) in [4.78, 5) is 35.4. The molecule has 0 aromatic heterocycles. The number of nitrogens with two attached hydrogens (primary N) is 1. The molecule has 17 heavy (non-hydrogen) atoms. The summed E-state index contributed by atoms with van der Waals surface area (Å²) in [6.45, 7) is 9.16. The maximum atomic E-state index is 9.81. The summed E-state index contributed by atoms with van der Waals surface area (Å²) in [5.74, 6) is 0.00926. The van der Waals surface area contributed by atoms with Crippen LogP contribution in [0.1, 0.15) is 48.5 Å². The molecular weight excluding hydrogens is 224 g/mol. The largest absolute Gasteiger partial charge is 0.370 e. The lowest BCUT2D eigenvalue weighted by Gasteiger charge is -1.73. The molecule has 0 saturated carbocycles. The second-order valence-corrected chi connectivity index (χ2v) is 1.88. The minimum atomic E-state index is -0.245. The molecule has 1 amide bonds. The van der Waals surface area contributed by atoms with E-state index in [4.69, 9.17) is 9.59 Å². The lowest BCUT2D eigenvalue weighted by atomic mass is 10.4. The second kappa shape index (κ2) is 62.9. The highest BCUT2D eigenvalue weighted by atomic mass is 16.1. The van der Waals surface area contributed by atoms with Crippen LogP contribution in [0.15, 0.2) is 0 Å². The van der Waals surface area contributed by atoms with Crippen LogP contribution in [0.4, 0.5) is 0 Å². The fourth-order valence-corrected chi connectivity index (χ4v) is 0. The molecule has 0 aromatic rings. The van der Waals surface area contributed by atoms with Gasteiger partial charge in [0.25, 0.3) is 0 Å². The van der Waals surface area contributed by atoms with Crippen molar-refractivity contribution in [2.75, 3.05) is 0 Å². The summed E-state index contributed by atoms with van der Waals surface area (Å²) in [5, 5.41) is 0. The molecule has 0 atom stereocenters. The lowest BCUT2D eigenvalue weighted by Crippen LogP contribution is -2.06. The van der Waals surface area contributed by atoms with E-state index >= 15 is 0 Å². The van der Waals surface area contributed by atoms with E-state index in [2.05, 4.69) is 5.73 Å². The average Bonchev–Trinajstić information content (AvgIpc) is 2.24. The first-order valence-corrected chi connectivity index (χ1v) is 3.90. The van der Waals surface area contributed by atoms with Crippen molar-refractivity contribution in [1.29, 1.82) is 0 Å². The fraction of sp³-hybridized carbons (Fsp3) is 0.636. The van der Waals surface area contributed by atoms with Gasteiger partial charge in [-0.1, -0.05) is 28.7 Å². The van der Waals surface area contributed by atoms with E-state index < -0.39 is 0 Å². The highest BCUT2D eigenvalue weighted by molar-refractivity contribution is 5.74. The zero-order valence-corrected chi connectivity index (χ0v) is 9.75. The standard InChI is InChI=1S/C4H8O.C3H7NO.2CH2O.2CH4.H3N/c1-3-4(2)5;1-2-3(4)5;2*1-2;;;/h3H2,1-2H3;2H2,1H3,(H2,4,5);2*1H2;2*1H4;1H3. The van der Waals surface area contributed by atoms with Crippen LogP contribution in [-0.4, -0.2) is 25.3 Å². The number of hydrogen-bond acceptors (Lipinski definition) is 5. The maximum absolute atomic E-state index is 9.81. The van der Waals surface area contributed by atoms with E-state index in [0.29, 0.717) is 12.8 Å². The van der Waals surface area contributed by atoms with Gasteiger partial charge in [0.2, 0.25) is 5.91 Å². The minimum Gasteiger partial charge on any atom is -0.370 e. The quantitative estimate of drug-likeness (QED) is 0.777. The summed E-state index contributed by atoms with van der Waals surface area (Å²) in [7, 11) is 0. The molecule has 0 bridgehead atoms. The van der Waals surface area contributed by atoms with Gasteiger partial charge in [-0.25, -0.2) is 0 Å². The van der Waals surface area contributed by atoms with Crippen molar-refractivity contribution in [3.8, 4) is 0 Å². The Bertz CT molecular complexity index is 125. The SMILES string of the molecule is C.C.C=O.C=O.CCC(C)=O.CCC(N)=O.N. The van der Waals surface area contributed by atoms with Crippen LogP contribution < -0.4 is 11.9 Å². The van der Waals surface area contributed by atoms with Crippen LogP contribution in [0.2, 0.25) is 0 Å². The van der Waals surface area contributed by atoms with E-state index in [0.717, 1.165) is 0 Å². The van der Waals surface area contributed by atoms with Gasteiger partial charge in [-0.2, -0.15) is 0 Å². The molecule has 0 aromatic carbocycles. The highest BCUT2D eigenvalue weighted by Gasteiger charge is 1.77. The van der Waals surface area contributed by atoms with Crippen molar-refractivity contribution in [3.05, 3.63) is 0 Å². The number of Topliss-reactive ketones (excluding diaryl/α,β-unsaturated/α-hetero) is 1. The smallest absolute Gasteiger partial charge is 0.217 e. The zero-order chi connectivity index (χ0) is 12.6. The third-order valence-corrected chi connectivity index (χ3v) is 0.846. The summed E-state index contributed by atoms with van der Waals surface area (Å²) < 4.78 is 0. The van der Waals surface area contributed by atoms with E-state index in [1.807, 2.05) is 20.5 Å². The first kappa shape index (κ1) is 45.2. The van der Waals surface area contributed by atoms with E-state index in [-0.39, 0.29) is 32.7 Å². The third-order valence-electron chi connectivity index (χ3n) is 0.846. The van der Waals surface area contributed by atoms with Gasteiger partial charge in [-0.3, -0.25) is 4.79 Å². The molecule has 0 rings (SSSR count). The van der Waals surface area contributed by atoms with Crippen LogP contribution in [0.3, 0.4) is 0 Å². The first-order chi connectivity index (χ1) is 6.54. The van der Waals surface area contributed by atoms with Crippen molar-refractivity contribution in [2.45, 2.75) is 48.5 Å². The summed E-state index contributed by atoms with van der Waals surface area (Å²) in [5.41, 5.74) is 4.65. The van der Waals surface area contributed by atoms with Crippen molar-refractivity contribution in [1.82, 2.24) is 6.15 Å². The number of rotatable bonds is 2. The molecule has 0 aliphatic heterocycles. The van der Waals surface area contributed by atoms with Crippen LogP contribution in [0, 0.1) is 0 Å². The fourth-order valence-electron chi connectivity index (χ4n) is 0. The molecule has 6 heteroatoms. The minimum absolute atomic E-state index is 0. The number of carbonyl (C=O) groups is 4. The molecule has 0 radical (unpaired) electrons. The summed E-state index contributed by atoms with van der Waals surface area (Å²) in [6.07, 6.45) is 1.11. The molecule has 0 heterocycles. The number of carbonyl (C=O) groups excluding carboxylic acids is 4.